The van der Waals surface area contributed by atoms with Crippen LogP contribution in [0.25, 0.3) is 0 Å². The van der Waals surface area contributed by atoms with E-state index >= 15 is 0 Å². The molecule has 7 heteroatoms. The Morgan fingerprint density at radius 2 is 2.18 bits per heavy atom. The van der Waals surface area contributed by atoms with E-state index in [9.17, 15) is 4.79 Å². The Morgan fingerprint density at radius 3 is 2.82 bits per heavy atom. The molecule has 0 fully saturated rings. The molecule has 1 aromatic heterocycles. The Morgan fingerprint density at radius 1 is 1.41 bits per heavy atom. The van der Waals surface area contributed by atoms with Gasteiger partial charge in [0, 0.05) is 11.9 Å². The first kappa shape index (κ1) is 11.8. The molecular weight excluding hydrogens is 263 g/mol. The van der Waals surface area contributed by atoms with Crippen molar-refractivity contribution in [1.82, 2.24) is 10.2 Å². The highest BCUT2D eigenvalue weighted by Crippen LogP contribution is 2.29. The van der Waals surface area contributed by atoms with Crippen LogP contribution in [0.1, 0.15) is 10.4 Å². The number of rotatable bonds is 2. The lowest BCUT2D eigenvalue weighted by Crippen LogP contribution is -2.12. The quantitative estimate of drug-likeness (QED) is 0.734. The van der Waals surface area contributed by atoms with E-state index in [1.54, 1.807) is 6.20 Å². The van der Waals surface area contributed by atoms with Crippen molar-refractivity contribution >= 4 is 40.5 Å². The van der Waals surface area contributed by atoms with Gasteiger partial charge in [-0.1, -0.05) is 23.2 Å². The van der Waals surface area contributed by atoms with Gasteiger partial charge in [-0.15, -0.1) is 0 Å². The van der Waals surface area contributed by atoms with Crippen LogP contribution in [0, 0.1) is 0 Å². The first-order chi connectivity index (χ1) is 8.08. The SMILES string of the molecule is Nc1cc(Cl)c(Cl)c(C(=O)Nc2cn[nH]c2)c1. The molecule has 0 unspecified atom stereocenters. The zero-order chi connectivity index (χ0) is 12.4. The summed E-state index contributed by atoms with van der Waals surface area (Å²) in [5.74, 6) is -0.398. The summed E-state index contributed by atoms with van der Waals surface area (Å²) in [6, 6.07) is 2.95. The Kier molecular flexibility index (Phi) is 3.21. The van der Waals surface area contributed by atoms with Crippen molar-refractivity contribution in [3.05, 3.63) is 40.1 Å². The maximum absolute atomic E-state index is 11.9. The average Bonchev–Trinajstić information content (AvgIpc) is 2.76. The second-order valence-corrected chi connectivity index (χ2v) is 4.09. The van der Waals surface area contributed by atoms with Gasteiger partial charge in [0.25, 0.3) is 5.91 Å². The third kappa shape index (κ3) is 2.51. The molecule has 0 aliphatic heterocycles. The van der Waals surface area contributed by atoms with E-state index < -0.39 is 5.91 Å². The molecule has 0 bridgehead atoms. The number of anilines is 2. The van der Waals surface area contributed by atoms with Gasteiger partial charge in [-0.2, -0.15) is 5.10 Å². The van der Waals surface area contributed by atoms with Crippen molar-refractivity contribution in [2.45, 2.75) is 0 Å². The number of hydrogen-bond donors (Lipinski definition) is 3. The van der Waals surface area contributed by atoms with Gasteiger partial charge in [-0.3, -0.25) is 9.89 Å². The summed E-state index contributed by atoms with van der Waals surface area (Å²) in [4.78, 5) is 11.9. The number of amides is 1. The number of nitrogens with zero attached hydrogens (tertiary/aromatic N) is 1. The van der Waals surface area contributed by atoms with Gasteiger partial charge in [0.05, 0.1) is 27.5 Å². The standard InChI is InChI=1S/C10H8Cl2N4O/c11-8-2-5(13)1-7(9(8)12)10(17)16-6-3-14-15-4-6/h1-4H,13H2,(H,14,15)(H,16,17). The topological polar surface area (TPSA) is 83.8 Å². The van der Waals surface area contributed by atoms with E-state index in [-0.39, 0.29) is 15.6 Å². The van der Waals surface area contributed by atoms with Crippen LogP contribution in [-0.4, -0.2) is 16.1 Å². The molecule has 0 atom stereocenters. The highest BCUT2D eigenvalue weighted by atomic mass is 35.5. The van der Waals surface area contributed by atoms with E-state index in [4.69, 9.17) is 28.9 Å². The molecule has 2 rings (SSSR count). The summed E-state index contributed by atoms with van der Waals surface area (Å²) < 4.78 is 0. The highest BCUT2D eigenvalue weighted by molar-refractivity contribution is 6.44. The summed E-state index contributed by atoms with van der Waals surface area (Å²) >= 11 is 11.8. The Balaban J connectivity index is 2.31. The maximum atomic E-state index is 11.9. The van der Waals surface area contributed by atoms with E-state index in [2.05, 4.69) is 15.5 Å². The number of benzene rings is 1. The fourth-order valence-electron chi connectivity index (χ4n) is 1.29. The van der Waals surface area contributed by atoms with E-state index in [1.165, 1.54) is 18.3 Å². The first-order valence-corrected chi connectivity index (χ1v) is 5.38. The third-order valence-corrected chi connectivity index (χ3v) is 2.85. The van der Waals surface area contributed by atoms with Gasteiger partial charge >= 0.3 is 0 Å². The fourth-order valence-corrected chi connectivity index (χ4v) is 1.72. The smallest absolute Gasteiger partial charge is 0.257 e. The molecule has 1 heterocycles. The number of halogens is 2. The van der Waals surface area contributed by atoms with Gasteiger partial charge in [-0.05, 0) is 12.1 Å². The molecule has 1 aromatic carbocycles. The summed E-state index contributed by atoms with van der Waals surface area (Å²) in [5, 5.41) is 9.29. The number of aromatic nitrogens is 2. The van der Waals surface area contributed by atoms with Crippen molar-refractivity contribution < 1.29 is 4.79 Å². The third-order valence-electron chi connectivity index (χ3n) is 2.05. The van der Waals surface area contributed by atoms with E-state index in [0.717, 1.165) is 0 Å². The summed E-state index contributed by atoms with van der Waals surface area (Å²) in [6.07, 6.45) is 3.01. The number of carbonyl (C=O) groups excluding carboxylic acids is 1. The van der Waals surface area contributed by atoms with Crippen molar-refractivity contribution in [2.24, 2.45) is 0 Å². The van der Waals surface area contributed by atoms with Crippen molar-refractivity contribution in [3.63, 3.8) is 0 Å². The Bertz CT molecular complexity index is 554. The number of carbonyl (C=O) groups is 1. The molecule has 0 aliphatic rings. The largest absolute Gasteiger partial charge is 0.399 e. The summed E-state index contributed by atoms with van der Waals surface area (Å²) in [6.45, 7) is 0. The van der Waals surface area contributed by atoms with Crippen LogP contribution in [0.5, 0.6) is 0 Å². The molecule has 0 radical (unpaired) electrons. The predicted molar refractivity (Wildman–Crippen MR) is 67.4 cm³/mol. The second kappa shape index (κ2) is 4.65. The molecule has 0 aliphatic carbocycles. The second-order valence-electron chi connectivity index (χ2n) is 3.31. The normalized spacial score (nSPS) is 10.2. The summed E-state index contributed by atoms with van der Waals surface area (Å²) in [7, 11) is 0. The van der Waals surface area contributed by atoms with Crippen molar-refractivity contribution in [2.75, 3.05) is 11.1 Å². The zero-order valence-electron chi connectivity index (χ0n) is 8.50. The van der Waals surface area contributed by atoms with Gasteiger partial charge in [0.2, 0.25) is 0 Å². The number of nitrogens with two attached hydrogens (primary N) is 1. The minimum absolute atomic E-state index is 0.168. The Hall–Kier alpha value is -1.72. The summed E-state index contributed by atoms with van der Waals surface area (Å²) in [5.41, 5.74) is 6.72. The molecule has 4 N–H and O–H groups in total. The molecule has 1 amide bonds. The lowest BCUT2D eigenvalue weighted by atomic mass is 10.2. The number of hydrogen-bond acceptors (Lipinski definition) is 3. The molecule has 88 valence electrons. The lowest BCUT2D eigenvalue weighted by Gasteiger charge is -2.07. The van der Waals surface area contributed by atoms with E-state index in [0.29, 0.717) is 11.4 Å². The Labute approximate surface area is 107 Å². The fraction of sp³-hybridized carbons (Fsp3) is 0. The maximum Gasteiger partial charge on any atom is 0.257 e. The molecule has 2 aromatic rings. The molecule has 0 saturated heterocycles. The number of nitrogen functional groups attached to an aromatic ring is 1. The highest BCUT2D eigenvalue weighted by Gasteiger charge is 2.14. The molecule has 0 saturated carbocycles. The van der Waals surface area contributed by atoms with Gasteiger partial charge in [0.15, 0.2) is 0 Å². The zero-order valence-corrected chi connectivity index (χ0v) is 10.0. The van der Waals surface area contributed by atoms with Gasteiger partial charge in [-0.25, -0.2) is 0 Å². The van der Waals surface area contributed by atoms with Crippen LogP contribution in [0.2, 0.25) is 10.0 Å². The molecule has 5 nitrogen and oxygen atoms in total. The van der Waals surface area contributed by atoms with Gasteiger partial charge < -0.3 is 11.1 Å². The monoisotopic (exact) mass is 270 g/mol. The van der Waals surface area contributed by atoms with Crippen molar-refractivity contribution in [1.29, 1.82) is 0 Å². The molecule has 0 spiro atoms. The van der Waals surface area contributed by atoms with E-state index in [1.807, 2.05) is 0 Å². The van der Waals surface area contributed by atoms with Crippen LogP contribution in [0.15, 0.2) is 24.5 Å². The molecular formula is C10H8Cl2N4O. The molecule has 17 heavy (non-hydrogen) atoms. The number of H-pyrrole nitrogens is 1. The lowest BCUT2D eigenvalue weighted by molar-refractivity contribution is 0.102. The van der Waals surface area contributed by atoms with Crippen LogP contribution in [0.4, 0.5) is 11.4 Å². The first-order valence-electron chi connectivity index (χ1n) is 4.62. The minimum Gasteiger partial charge on any atom is -0.399 e. The average molecular weight is 271 g/mol. The number of nitrogens with one attached hydrogen (secondary N) is 2. The predicted octanol–water partition coefficient (Wildman–Crippen LogP) is 2.55. The van der Waals surface area contributed by atoms with Crippen LogP contribution >= 0.6 is 23.2 Å². The minimum atomic E-state index is -0.398. The number of aromatic amines is 1. The van der Waals surface area contributed by atoms with Crippen LogP contribution in [0.3, 0.4) is 0 Å². The van der Waals surface area contributed by atoms with Crippen LogP contribution in [-0.2, 0) is 0 Å². The van der Waals surface area contributed by atoms with Crippen LogP contribution < -0.4 is 11.1 Å². The van der Waals surface area contributed by atoms with Crippen molar-refractivity contribution in [3.8, 4) is 0 Å². The van der Waals surface area contributed by atoms with Gasteiger partial charge in [0.1, 0.15) is 0 Å².